The first-order valence-corrected chi connectivity index (χ1v) is 5.86. The molecule has 5 heteroatoms. The van der Waals surface area contributed by atoms with Crippen LogP contribution in [0, 0.1) is 5.41 Å². The molecule has 1 rings (SSSR count). The minimum absolute atomic E-state index is 0.0870. The number of aliphatic hydroxyl groups is 1. The van der Waals surface area contributed by atoms with Crippen molar-refractivity contribution in [3.63, 3.8) is 0 Å². The summed E-state index contributed by atoms with van der Waals surface area (Å²) in [5.41, 5.74) is -0.520. The summed E-state index contributed by atoms with van der Waals surface area (Å²) >= 11 is 11.7. The van der Waals surface area contributed by atoms with Crippen LogP contribution >= 0.6 is 23.2 Å². The van der Waals surface area contributed by atoms with Crippen molar-refractivity contribution in [1.82, 2.24) is 0 Å². The maximum atomic E-state index is 11.0. The fourth-order valence-corrected chi connectivity index (χ4v) is 1.99. The summed E-state index contributed by atoms with van der Waals surface area (Å²) in [5.74, 6) is -0.957. The molecule has 1 unspecified atom stereocenters. The van der Waals surface area contributed by atoms with Crippen LogP contribution in [-0.4, -0.2) is 16.2 Å². The lowest BCUT2D eigenvalue weighted by Crippen LogP contribution is -2.26. The van der Waals surface area contributed by atoms with E-state index < -0.39 is 17.5 Å². The third-order valence-electron chi connectivity index (χ3n) is 2.60. The van der Waals surface area contributed by atoms with Gasteiger partial charge >= 0.3 is 5.97 Å². The molecule has 0 saturated heterocycles. The van der Waals surface area contributed by atoms with E-state index in [1.54, 1.807) is 26.0 Å². The van der Waals surface area contributed by atoms with Gasteiger partial charge in [0.05, 0.1) is 11.5 Å². The van der Waals surface area contributed by atoms with Crippen molar-refractivity contribution < 1.29 is 15.0 Å². The lowest BCUT2D eigenvalue weighted by Gasteiger charge is -2.23. The van der Waals surface area contributed by atoms with Crippen LogP contribution in [0.15, 0.2) is 18.2 Å². The Labute approximate surface area is 110 Å². The van der Waals surface area contributed by atoms with E-state index in [0.29, 0.717) is 15.6 Å². The van der Waals surface area contributed by atoms with Crippen LogP contribution in [0.5, 0.6) is 0 Å². The Bertz CT molecular complexity index is 430. The molecule has 2 N–H and O–H groups in total. The van der Waals surface area contributed by atoms with Gasteiger partial charge in [0.1, 0.15) is 0 Å². The number of carboxylic acid groups (broad SMARTS) is 1. The van der Waals surface area contributed by atoms with Crippen molar-refractivity contribution >= 4 is 29.2 Å². The quantitative estimate of drug-likeness (QED) is 0.885. The molecule has 0 aromatic heterocycles. The van der Waals surface area contributed by atoms with Gasteiger partial charge in [0.2, 0.25) is 0 Å². The Kier molecular flexibility index (Phi) is 4.42. The van der Waals surface area contributed by atoms with Crippen LogP contribution in [0.1, 0.15) is 31.9 Å². The van der Waals surface area contributed by atoms with Crippen molar-refractivity contribution in [3.8, 4) is 0 Å². The van der Waals surface area contributed by atoms with Gasteiger partial charge in [0.25, 0.3) is 0 Å². The maximum absolute atomic E-state index is 11.0. The highest BCUT2D eigenvalue weighted by Gasteiger charge is 2.31. The first-order chi connectivity index (χ1) is 7.74. The second-order valence-electron chi connectivity index (χ2n) is 4.57. The predicted molar refractivity (Wildman–Crippen MR) is 67.5 cm³/mol. The molecule has 1 atom stereocenters. The van der Waals surface area contributed by atoms with E-state index in [4.69, 9.17) is 28.3 Å². The minimum Gasteiger partial charge on any atom is -0.481 e. The monoisotopic (exact) mass is 276 g/mol. The van der Waals surface area contributed by atoms with Crippen LogP contribution in [0.25, 0.3) is 0 Å². The molecule has 1 aromatic carbocycles. The molecule has 17 heavy (non-hydrogen) atoms. The van der Waals surface area contributed by atoms with Crippen LogP contribution in [0.3, 0.4) is 0 Å². The second kappa shape index (κ2) is 5.25. The molecule has 0 bridgehead atoms. The van der Waals surface area contributed by atoms with Crippen molar-refractivity contribution in [3.05, 3.63) is 33.8 Å². The molecule has 94 valence electrons. The first kappa shape index (κ1) is 14.3. The van der Waals surface area contributed by atoms with Crippen molar-refractivity contribution in [2.45, 2.75) is 26.4 Å². The molecule has 0 aliphatic rings. The summed E-state index contributed by atoms with van der Waals surface area (Å²) in [6.45, 7) is 3.12. The van der Waals surface area contributed by atoms with Gasteiger partial charge in [-0.1, -0.05) is 29.3 Å². The molecule has 0 spiro atoms. The Morgan fingerprint density at radius 3 is 2.47 bits per heavy atom. The number of carbonyl (C=O) groups is 1. The summed E-state index contributed by atoms with van der Waals surface area (Å²) in [7, 11) is 0. The normalized spacial score (nSPS) is 13.5. The zero-order valence-corrected chi connectivity index (χ0v) is 11.1. The molecule has 0 aliphatic carbocycles. The number of benzene rings is 1. The van der Waals surface area contributed by atoms with Crippen molar-refractivity contribution in [1.29, 1.82) is 0 Å². The predicted octanol–water partition coefficient (Wildman–Crippen LogP) is 3.53. The van der Waals surface area contributed by atoms with E-state index in [-0.39, 0.29) is 6.42 Å². The van der Waals surface area contributed by atoms with Gasteiger partial charge in [-0.15, -0.1) is 0 Å². The molecule has 3 nitrogen and oxygen atoms in total. The lowest BCUT2D eigenvalue weighted by molar-refractivity contribution is -0.148. The minimum atomic E-state index is -1.01. The van der Waals surface area contributed by atoms with E-state index in [1.165, 1.54) is 6.07 Å². The Morgan fingerprint density at radius 2 is 2.00 bits per heavy atom. The van der Waals surface area contributed by atoms with E-state index in [0.717, 1.165) is 0 Å². The van der Waals surface area contributed by atoms with Crippen LogP contribution in [0.2, 0.25) is 10.0 Å². The molecule has 0 aliphatic heterocycles. The highest BCUT2D eigenvalue weighted by Crippen LogP contribution is 2.34. The van der Waals surface area contributed by atoms with Gasteiger partial charge in [0, 0.05) is 10.0 Å². The fraction of sp³-hybridized carbons (Fsp3) is 0.417. The van der Waals surface area contributed by atoms with E-state index in [1.807, 2.05) is 0 Å². The maximum Gasteiger partial charge on any atom is 0.309 e. The summed E-state index contributed by atoms with van der Waals surface area (Å²) in [6, 6.07) is 4.74. The summed E-state index contributed by atoms with van der Waals surface area (Å²) in [4.78, 5) is 11.0. The van der Waals surface area contributed by atoms with Gasteiger partial charge in [-0.3, -0.25) is 4.79 Å². The SMILES string of the molecule is CC(C)(CC(O)c1ccc(Cl)cc1Cl)C(=O)O. The summed E-state index contributed by atoms with van der Waals surface area (Å²) < 4.78 is 0. The van der Waals surface area contributed by atoms with Gasteiger partial charge < -0.3 is 10.2 Å². The highest BCUT2D eigenvalue weighted by molar-refractivity contribution is 6.35. The topological polar surface area (TPSA) is 57.5 Å². The number of hydrogen-bond acceptors (Lipinski definition) is 2. The highest BCUT2D eigenvalue weighted by atomic mass is 35.5. The van der Waals surface area contributed by atoms with Gasteiger partial charge in [-0.05, 0) is 38.0 Å². The largest absolute Gasteiger partial charge is 0.481 e. The number of carboxylic acids is 1. The van der Waals surface area contributed by atoms with Crippen molar-refractivity contribution in [2.24, 2.45) is 5.41 Å². The average Bonchev–Trinajstić information content (AvgIpc) is 2.15. The second-order valence-corrected chi connectivity index (χ2v) is 5.42. The number of halogens is 2. The third-order valence-corrected chi connectivity index (χ3v) is 3.17. The van der Waals surface area contributed by atoms with Crippen LogP contribution < -0.4 is 0 Å². The van der Waals surface area contributed by atoms with Gasteiger partial charge in [-0.2, -0.15) is 0 Å². The molecule has 0 saturated carbocycles. The molecular weight excluding hydrogens is 263 g/mol. The smallest absolute Gasteiger partial charge is 0.309 e. The first-order valence-electron chi connectivity index (χ1n) is 5.10. The van der Waals surface area contributed by atoms with E-state index in [2.05, 4.69) is 0 Å². The van der Waals surface area contributed by atoms with E-state index >= 15 is 0 Å². The standard InChI is InChI=1S/C12H14Cl2O3/c1-12(2,11(16)17)6-10(15)8-4-3-7(13)5-9(8)14/h3-5,10,15H,6H2,1-2H3,(H,16,17). The van der Waals surface area contributed by atoms with Crippen molar-refractivity contribution in [2.75, 3.05) is 0 Å². The van der Waals surface area contributed by atoms with Gasteiger partial charge in [-0.25, -0.2) is 0 Å². The summed E-state index contributed by atoms with van der Waals surface area (Å²) in [5, 5.41) is 19.8. The van der Waals surface area contributed by atoms with Crippen LogP contribution in [-0.2, 0) is 4.79 Å². The lowest BCUT2D eigenvalue weighted by atomic mass is 9.85. The fourth-order valence-electron chi connectivity index (χ4n) is 1.45. The summed E-state index contributed by atoms with van der Waals surface area (Å²) in [6.07, 6.45) is -0.838. The molecular formula is C12H14Cl2O3. The zero-order valence-electron chi connectivity index (χ0n) is 9.58. The number of rotatable bonds is 4. The molecule has 0 amide bonds. The number of aliphatic carboxylic acids is 1. The Morgan fingerprint density at radius 1 is 1.41 bits per heavy atom. The van der Waals surface area contributed by atoms with Gasteiger partial charge in [0.15, 0.2) is 0 Å². The molecule has 0 fully saturated rings. The van der Waals surface area contributed by atoms with E-state index in [9.17, 15) is 9.90 Å². The Hall–Kier alpha value is -0.770. The van der Waals surface area contributed by atoms with Crippen LogP contribution in [0.4, 0.5) is 0 Å². The molecule has 1 aromatic rings. The number of aliphatic hydroxyl groups excluding tert-OH is 1. The molecule has 0 heterocycles. The Balaban J connectivity index is 2.90. The average molecular weight is 277 g/mol. The number of hydrogen-bond donors (Lipinski definition) is 2. The third kappa shape index (κ3) is 3.60. The zero-order chi connectivity index (χ0) is 13.2. The molecule has 0 radical (unpaired) electrons.